The van der Waals surface area contributed by atoms with Gasteiger partial charge in [0.25, 0.3) is 0 Å². The van der Waals surface area contributed by atoms with Gasteiger partial charge in [-0.05, 0) is 31.2 Å². The lowest BCUT2D eigenvalue weighted by Crippen LogP contribution is -2.30. The van der Waals surface area contributed by atoms with E-state index < -0.39 is 4.92 Å². The maximum Gasteiger partial charge on any atom is 0.329 e. The number of aromatic nitrogens is 1. The monoisotopic (exact) mass is 265 g/mol. The van der Waals surface area contributed by atoms with E-state index in [1.807, 2.05) is 0 Å². The lowest BCUT2D eigenvalue weighted by molar-refractivity contribution is -0.386. The summed E-state index contributed by atoms with van der Waals surface area (Å²) in [4.78, 5) is 14.1. The van der Waals surface area contributed by atoms with E-state index in [0.29, 0.717) is 30.7 Å². The van der Waals surface area contributed by atoms with Crippen molar-refractivity contribution in [3.63, 3.8) is 0 Å². The summed E-state index contributed by atoms with van der Waals surface area (Å²) in [6, 6.07) is 1.54. The molecule has 1 saturated carbocycles. The third kappa shape index (κ3) is 3.41. The van der Waals surface area contributed by atoms with Gasteiger partial charge < -0.3 is 10.5 Å². The van der Waals surface area contributed by atoms with Crippen molar-refractivity contribution in [3.8, 4) is 5.75 Å². The second kappa shape index (κ2) is 6.47. The predicted octanol–water partition coefficient (Wildman–Crippen LogP) is 2.13. The Kier molecular flexibility index (Phi) is 4.68. The molecule has 2 atom stereocenters. The second-order valence-electron chi connectivity index (χ2n) is 4.95. The molecule has 1 aromatic heterocycles. The third-order valence-electron chi connectivity index (χ3n) is 3.78. The molecular weight excluding hydrogens is 246 g/mol. The molecule has 6 nitrogen and oxygen atoms in total. The summed E-state index contributed by atoms with van der Waals surface area (Å²) in [6.45, 7) is 1.15. The van der Waals surface area contributed by atoms with Gasteiger partial charge >= 0.3 is 5.69 Å². The van der Waals surface area contributed by atoms with Crippen molar-refractivity contribution in [1.82, 2.24) is 4.98 Å². The summed E-state index contributed by atoms with van der Waals surface area (Å²) in [7, 11) is 0. The van der Waals surface area contributed by atoms with E-state index in [9.17, 15) is 10.1 Å². The minimum atomic E-state index is -0.469. The summed E-state index contributed by atoms with van der Waals surface area (Å²) in [6.07, 6.45) is 7.33. The zero-order valence-corrected chi connectivity index (χ0v) is 10.8. The zero-order valence-electron chi connectivity index (χ0n) is 10.8. The number of nitrogens with zero attached hydrogens (tertiary/aromatic N) is 2. The molecule has 104 valence electrons. The molecule has 1 aliphatic rings. The molecule has 1 aromatic rings. The van der Waals surface area contributed by atoms with Gasteiger partial charge in [0.05, 0.1) is 11.5 Å². The first-order chi connectivity index (χ1) is 9.22. The molecule has 0 saturated heterocycles. The largest absolute Gasteiger partial charge is 0.486 e. The molecule has 19 heavy (non-hydrogen) atoms. The fraction of sp³-hybridized carbons (Fsp3) is 0.615. The van der Waals surface area contributed by atoms with Crippen LogP contribution in [0.5, 0.6) is 5.75 Å². The topological polar surface area (TPSA) is 91.3 Å². The standard InChI is InChI=1S/C13H19N3O3/c14-7-10-3-1-2-4-11(10)9-19-13-5-6-15-8-12(13)16(17)18/h5-6,8,10-11H,1-4,7,9,14H2. The van der Waals surface area contributed by atoms with Gasteiger partial charge in [0, 0.05) is 12.3 Å². The van der Waals surface area contributed by atoms with Crippen LogP contribution in [0.15, 0.2) is 18.5 Å². The highest BCUT2D eigenvalue weighted by Gasteiger charge is 2.25. The number of pyridine rings is 1. The Hall–Kier alpha value is -1.69. The smallest absolute Gasteiger partial charge is 0.329 e. The maximum absolute atomic E-state index is 10.9. The average molecular weight is 265 g/mol. The molecule has 0 bridgehead atoms. The first-order valence-electron chi connectivity index (χ1n) is 6.63. The number of nitrogens with two attached hydrogens (primary N) is 1. The molecule has 6 heteroatoms. The van der Waals surface area contributed by atoms with Gasteiger partial charge in [0.2, 0.25) is 0 Å². The van der Waals surface area contributed by atoms with Crippen LogP contribution in [0, 0.1) is 22.0 Å². The van der Waals surface area contributed by atoms with E-state index in [2.05, 4.69) is 4.98 Å². The van der Waals surface area contributed by atoms with Crippen molar-refractivity contribution < 1.29 is 9.66 Å². The molecule has 2 N–H and O–H groups in total. The minimum Gasteiger partial charge on any atom is -0.486 e. The highest BCUT2D eigenvalue weighted by molar-refractivity contribution is 5.42. The normalized spacial score (nSPS) is 23.0. The lowest BCUT2D eigenvalue weighted by Gasteiger charge is -2.30. The van der Waals surface area contributed by atoms with Crippen molar-refractivity contribution in [2.24, 2.45) is 17.6 Å². The summed E-state index contributed by atoms with van der Waals surface area (Å²) in [5, 5.41) is 10.9. The van der Waals surface area contributed by atoms with Crippen LogP contribution in [-0.2, 0) is 0 Å². The zero-order chi connectivity index (χ0) is 13.7. The first kappa shape index (κ1) is 13.7. The van der Waals surface area contributed by atoms with Gasteiger partial charge in [0.1, 0.15) is 6.20 Å². The number of hydrogen-bond donors (Lipinski definition) is 1. The van der Waals surface area contributed by atoms with Crippen molar-refractivity contribution in [1.29, 1.82) is 0 Å². The van der Waals surface area contributed by atoms with Crippen LogP contribution in [0.25, 0.3) is 0 Å². The van der Waals surface area contributed by atoms with Gasteiger partial charge in [-0.2, -0.15) is 0 Å². The van der Waals surface area contributed by atoms with E-state index >= 15 is 0 Å². The summed E-state index contributed by atoms with van der Waals surface area (Å²) in [5.74, 6) is 1.16. The van der Waals surface area contributed by atoms with Gasteiger partial charge in [-0.15, -0.1) is 0 Å². The number of hydrogen-bond acceptors (Lipinski definition) is 5. The maximum atomic E-state index is 10.9. The third-order valence-corrected chi connectivity index (χ3v) is 3.78. The van der Waals surface area contributed by atoms with Crippen LogP contribution in [0.3, 0.4) is 0 Å². The molecule has 0 spiro atoms. The fourth-order valence-corrected chi connectivity index (χ4v) is 2.64. The van der Waals surface area contributed by atoms with Crippen LogP contribution < -0.4 is 10.5 Å². The first-order valence-corrected chi connectivity index (χ1v) is 6.63. The van der Waals surface area contributed by atoms with Crippen molar-refractivity contribution >= 4 is 5.69 Å². The number of nitro groups is 1. The van der Waals surface area contributed by atoms with Crippen molar-refractivity contribution in [2.45, 2.75) is 25.7 Å². The van der Waals surface area contributed by atoms with Gasteiger partial charge in [-0.1, -0.05) is 12.8 Å². The predicted molar refractivity (Wildman–Crippen MR) is 70.9 cm³/mol. The van der Waals surface area contributed by atoms with E-state index in [4.69, 9.17) is 10.5 Å². The van der Waals surface area contributed by atoms with Crippen LogP contribution in [-0.4, -0.2) is 23.1 Å². The summed E-state index contributed by atoms with van der Waals surface area (Å²) >= 11 is 0. The van der Waals surface area contributed by atoms with E-state index in [1.165, 1.54) is 25.2 Å². The van der Waals surface area contributed by atoms with Crippen LogP contribution in [0.4, 0.5) is 5.69 Å². The SMILES string of the molecule is NCC1CCCCC1COc1ccncc1[N+](=O)[O-]. The second-order valence-corrected chi connectivity index (χ2v) is 4.95. The highest BCUT2D eigenvalue weighted by atomic mass is 16.6. The molecular formula is C13H19N3O3. The quantitative estimate of drug-likeness (QED) is 0.650. The van der Waals surface area contributed by atoms with Gasteiger partial charge in [0.15, 0.2) is 5.75 Å². The molecule has 1 heterocycles. The van der Waals surface area contributed by atoms with Crippen LogP contribution in [0.1, 0.15) is 25.7 Å². The molecule has 2 rings (SSSR count). The fourth-order valence-electron chi connectivity index (χ4n) is 2.64. The highest BCUT2D eigenvalue weighted by Crippen LogP contribution is 2.31. The summed E-state index contributed by atoms with van der Waals surface area (Å²) in [5.41, 5.74) is 5.69. The van der Waals surface area contributed by atoms with Gasteiger partial charge in [-0.3, -0.25) is 15.1 Å². The Balaban J connectivity index is 2.00. The Morgan fingerprint density at radius 2 is 2.16 bits per heavy atom. The van der Waals surface area contributed by atoms with E-state index in [0.717, 1.165) is 12.8 Å². The molecule has 0 aliphatic heterocycles. The van der Waals surface area contributed by atoms with E-state index in [1.54, 1.807) is 6.07 Å². The minimum absolute atomic E-state index is 0.0809. The van der Waals surface area contributed by atoms with E-state index in [-0.39, 0.29) is 5.69 Å². The molecule has 0 aromatic carbocycles. The van der Waals surface area contributed by atoms with Crippen molar-refractivity contribution in [3.05, 3.63) is 28.6 Å². The van der Waals surface area contributed by atoms with Gasteiger partial charge in [-0.25, -0.2) is 0 Å². The van der Waals surface area contributed by atoms with Crippen LogP contribution in [0.2, 0.25) is 0 Å². The Morgan fingerprint density at radius 1 is 1.42 bits per heavy atom. The Labute approximate surface area is 112 Å². The van der Waals surface area contributed by atoms with Crippen molar-refractivity contribution in [2.75, 3.05) is 13.2 Å². The molecule has 0 radical (unpaired) electrons. The molecule has 1 aliphatic carbocycles. The lowest BCUT2D eigenvalue weighted by atomic mass is 9.80. The number of rotatable bonds is 5. The summed E-state index contributed by atoms with van der Waals surface area (Å²) < 4.78 is 5.63. The Morgan fingerprint density at radius 3 is 2.84 bits per heavy atom. The molecule has 2 unspecified atom stereocenters. The Bertz CT molecular complexity index is 439. The average Bonchev–Trinajstić information content (AvgIpc) is 2.45. The molecule has 0 amide bonds. The van der Waals surface area contributed by atoms with Crippen LogP contribution >= 0.6 is 0 Å². The number of ether oxygens (including phenoxy) is 1. The molecule has 1 fully saturated rings.